The molecule has 0 aromatic heterocycles. The van der Waals surface area contributed by atoms with Crippen molar-refractivity contribution < 1.29 is 0 Å². The highest BCUT2D eigenvalue weighted by Crippen LogP contribution is 2.42. The maximum atomic E-state index is 3.86. The third kappa shape index (κ3) is 2.93. The van der Waals surface area contributed by atoms with Crippen LogP contribution in [0.2, 0.25) is 0 Å². The Morgan fingerprint density at radius 2 is 1.75 bits per heavy atom. The Kier molecular flexibility index (Phi) is 4.16. The van der Waals surface area contributed by atoms with Gasteiger partial charge in [0.15, 0.2) is 0 Å². The van der Waals surface area contributed by atoms with Crippen molar-refractivity contribution in [3.8, 4) is 0 Å². The van der Waals surface area contributed by atoms with Crippen molar-refractivity contribution in [3.63, 3.8) is 0 Å². The molecule has 0 radical (unpaired) electrons. The average Bonchev–Trinajstić information content (AvgIpc) is 2.88. The van der Waals surface area contributed by atoms with E-state index < -0.39 is 0 Å². The summed E-state index contributed by atoms with van der Waals surface area (Å²) >= 11 is 0. The minimum atomic E-state index is 0.634. The standard InChI is InChI=1S/C19H29N/c1-3-19(10-4-5-11-19)14-20-18-12-17(13-18)16-8-6-15(2)7-9-16/h6-9,17-18,20H,3-5,10-14H2,1-2H3. The average molecular weight is 271 g/mol. The van der Waals surface area contributed by atoms with Crippen molar-refractivity contribution in [1.29, 1.82) is 0 Å². The molecule has 1 aromatic carbocycles. The highest BCUT2D eigenvalue weighted by atomic mass is 14.9. The summed E-state index contributed by atoms with van der Waals surface area (Å²) in [4.78, 5) is 0. The molecular formula is C19H29N. The number of hydrogen-bond donors (Lipinski definition) is 1. The molecule has 0 atom stereocenters. The van der Waals surface area contributed by atoms with Gasteiger partial charge in [0.05, 0.1) is 0 Å². The SMILES string of the molecule is CCC1(CNC2CC(c3ccc(C)cc3)C2)CCCC1. The zero-order valence-electron chi connectivity index (χ0n) is 13.1. The van der Waals surface area contributed by atoms with Crippen LogP contribution in [0.1, 0.15) is 68.9 Å². The molecule has 2 aliphatic carbocycles. The zero-order valence-corrected chi connectivity index (χ0v) is 13.1. The third-order valence-corrected chi connectivity index (χ3v) is 5.87. The van der Waals surface area contributed by atoms with Crippen molar-refractivity contribution in [2.75, 3.05) is 6.54 Å². The van der Waals surface area contributed by atoms with Crippen LogP contribution in [-0.2, 0) is 0 Å². The van der Waals surface area contributed by atoms with Gasteiger partial charge in [0.25, 0.3) is 0 Å². The first-order valence-corrected chi connectivity index (χ1v) is 8.51. The molecule has 0 unspecified atom stereocenters. The Morgan fingerprint density at radius 1 is 1.10 bits per heavy atom. The number of benzene rings is 1. The van der Waals surface area contributed by atoms with Crippen LogP contribution in [0.15, 0.2) is 24.3 Å². The topological polar surface area (TPSA) is 12.0 Å². The van der Waals surface area contributed by atoms with Gasteiger partial charge in [0.2, 0.25) is 0 Å². The summed E-state index contributed by atoms with van der Waals surface area (Å²) in [5.41, 5.74) is 3.54. The van der Waals surface area contributed by atoms with Gasteiger partial charge in [-0.1, -0.05) is 49.6 Å². The number of rotatable bonds is 5. The molecule has 0 bridgehead atoms. The van der Waals surface area contributed by atoms with Crippen molar-refractivity contribution in [2.45, 2.75) is 70.8 Å². The smallest absolute Gasteiger partial charge is 0.00789 e. The van der Waals surface area contributed by atoms with Gasteiger partial charge in [-0.25, -0.2) is 0 Å². The maximum absolute atomic E-state index is 3.86. The molecular weight excluding hydrogens is 242 g/mol. The van der Waals surface area contributed by atoms with E-state index in [1.807, 2.05) is 0 Å². The molecule has 0 saturated heterocycles. The minimum absolute atomic E-state index is 0.634. The van der Waals surface area contributed by atoms with Crippen molar-refractivity contribution >= 4 is 0 Å². The Bertz CT molecular complexity index is 422. The van der Waals surface area contributed by atoms with Gasteiger partial charge in [-0.3, -0.25) is 0 Å². The van der Waals surface area contributed by atoms with Crippen LogP contribution in [0.3, 0.4) is 0 Å². The van der Waals surface area contributed by atoms with E-state index in [9.17, 15) is 0 Å². The van der Waals surface area contributed by atoms with Gasteiger partial charge in [0.1, 0.15) is 0 Å². The second-order valence-corrected chi connectivity index (χ2v) is 7.22. The molecule has 20 heavy (non-hydrogen) atoms. The third-order valence-electron chi connectivity index (χ3n) is 5.87. The molecule has 2 aliphatic rings. The number of aryl methyl sites for hydroxylation is 1. The summed E-state index contributed by atoms with van der Waals surface area (Å²) in [5.74, 6) is 0.800. The summed E-state index contributed by atoms with van der Waals surface area (Å²) in [6.07, 6.45) is 9.83. The Balaban J connectivity index is 1.45. The van der Waals surface area contributed by atoms with Crippen LogP contribution in [0.25, 0.3) is 0 Å². The number of hydrogen-bond acceptors (Lipinski definition) is 1. The van der Waals surface area contributed by atoms with Crippen molar-refractivity contribution in [3.05, 3.63) is 35.4 Å². The zero-order chi connectivity index (χ0) is 14.0. The summed E-state index contributed by atoms with van der Waals surface area (Å²) in [5, 5.41) is 3.86. The van der Waals surface area contributed by atoms with E-state index in [4.69, 9.17) is 0 Å². The lowest BCUT2D eigenvalue weighted by molar-refractivity contribution is 0.213. The molecule has 2 saturated carbocycles. The van der Waals surface area contributed by atoms with Crippen LogP contribution in [0, 0.1) is 12.3 Å². The van der Waals surface area contributed by atoms with Crippen LogP contribution < -0.4 is 5.32 Å². The molecule has 1 N–H and O–H groups in total. The highest BCUT2D eigenvalue weighted by molar-refractivity contribution is 5.26. The quantitative estimate of drug-likeness (QED) is 0.811. The van der Waals surface area contributed by atoms with Crippen molar-refractivity contribution in [1.82, 2.24) is 5.32 Å². The molecule has 0 aliphatic heterocycles. The first-order valence-electron chi connectivity index (χ1n) is 8.51. The van der Waals surface area contributed by atoms with Crippen molar-refractivity contribution in [2.24, 2.45) is 5.41 Å². The van der Waals surface area contributed by atoms with Gasteiger partial charge in [-0.2, -0.15) is 0 Å². The van der Waals surface area contributed by atoms with Gasteiger partial charge >= 0.3 is 0 Å². The lowest BCUT2D eigenvalue weighted by atomic mass is 9.75. The maximum Gasteiger partial charge on any atom is 0.00789 e. The molecule has 0 heterocycles. The Morgan fingerprint density at radius 3 is 2.35 bits per heavy atom. The van der Waals surface area contributed by atoms with E-state index >= 15 is 0 Å². The van der Waals surface area contributed by atoms with E-state index in [0.717, 1.165) is 12.0 Å². The predicted molar refractivity (Wildman–Crippen MR) is 86.1 cm³/mol. The molecule has 2 fully saturated rings. The molecule has 110 valence electrons. The molecule has 0 spiro atoms. The van der Waals surface area contributed by atoms with Crippen LogP contribution in [0.5, 0.6) is 0 Å². The van der Waals surface area contributed by atoms with E-state index in [2.05, 4.69) is 43.4 Å². The second-order valence-electron chi connectivity index (χ2n) is 7.22. The van der Waals surface area contributed by atoms with Crippen LogP contribution in [-0.4, -0.2) is 12.6 Å². The lowest BCUT2D eigenvalue weighted by Gasteiger charge is -2.39. The first-order chi connectivity index (χ1) is 9.71. The predicted octanol–water partition coefficient (Wildman–Crippen LogP) is 4.80. The van der Waals surface area contributed by atoms with Gasteiger partial charge < -0.3 is 5.32 Å². The Hall–Kier alpha value is -0.820. The number of nitrogens with one attached hydrogen (secondary N) is 1. The fraction of sp³-hybridized carbons (Fsp3) is 0.684. The summed E-state index contributed by atoms with van der Waals surface area (Å²) < 4.78 is 0. The second kappa shape index (κ2) is 5.89. The molecule has 1 nitrogen and oxygen atoms in total. The molecule has 1 heteroatoms. The molecule has 3 rings (SSSR count). The largest absolute Gasteiger partial charge is 0.313 e. The van der Waals surface area contributed by atoms with E-state index in [-0.39, 0.29) is 0 Å². The summed E-state index contributed by atoms with van der Waals surface area (Å²) in [6, 6.07) is 9.91. The lowest BCUT2D eigenvalue weighted by Crippen LogP contribution is -2.44. The minimum Gasteiger partial charge on any atom is -0.313 e. The monoisotopic (exact) mass is 271 g/mol. The molecule has 0 amide bonds. The van der Waals surface area contributed by atoms with Gasteiger partial charge in [0, 0.05) is 12.6 Å². The molecule has 1 aromatic rings. The normalized spacial score (nSPS) is 28.3. The van der Waals surface area contributed by atoms with Crippen LogP contribution in [0.4, 0.5) is 0 Å². The van der Waals surface area contributed by atoms with E-state index in [1.54, 1.807) is 5.56 Å². The summed E-state index contributed by atoms with van der Waals surface area (Å²) in [6.45, 7) is 5.80. The summed E-state index contributed by atoms with van der Waals surface area (Å²) in [7, 11) is 0. The fourth-order valence-electron chi connectivity index (χ4n) is 4.04. The van der Waals surface area contributed by atoms with Gasteiger partial charge in [-0.05, 0) is 55.9 Å². The fourth-order valence-corrected chi connectivity index (χ4v) is 4.04. The van der Waals surface area contributed by atoms with E-state index in [0.29, 0.717) is 5.41 Å². The highest BCUT2D eigenvalue weighted by Gasteiger charge is 2.35. The van der Waals surface area contributed by atoms with Gasteiger partial charge in [-0.15, -0.1) is 0 Å². The first kappa shape index (κ1) is 14.1. The van der Waals surface area contributed by atoms with E-state index in [1.165, 1.54) is 57.1 Å². The Labute approximate surface area is 124 Å². The van der Waals surface area contributed by atoms with Crippen LogP contribution >= 0.6 is 0 Å².